The number of nitrogens with two attached hydrogens (primary N) is 1. The van der Waals surface area contributed by atoms with Gasteiger partial charge in [0, 0.05) is 12.6 Å². The maximum atomic E-state index is 12.0. The smallest absolute Gasteiger partial charge is 0.329 e. The lowest BCUT2D eigenvalue weighted by molar-refractivity contribution is -0.126. The van der Waals surface area contributed by atoms with E-state index in [9.17, 15) is 13.2 Å². The van der Waals surface area contributed by atoms with Gasteiger partial charge in [-0.3, -0.25) is 0 Å². The third-order valence-electron chi connectivity index (χ3n) is 3.03. The minimum atomic E-state index is -4.15. The normalized spacial score (nSPS) is 13.8. The zero-order valence-electron chi connectivity index (χ0n) is 11.4. The molecule has 2 nitrogen and oxygen atoms in total. The first kappa shape index (κ1) is 17.7. The van der Waals surface area contributed by atoms with Crippen molar-refractivity contribution in [2.45, 2.75) is 70.5 Å². The Morgan fingerprint density at radius 1 is 1.00 bits per heavy atom. The number of rotatable bonds is 11. The monoisotopic (exact) mass is 268 g/mol. The summed E-state index contributed by atoms with van der Waals surface area (Å²) < 4.78 is 36.0. The molecule has 0 spiro atoms. The first-order valence-corrected chi connectivity index (χ1v) is 6.99. The van der Waals surface area contributed by atoms with Crippen LogP contribution in [0.3, 0.4) is 0 Å². The van der Waals surface area contributed by atoms with Gasteiger partial charge in [-0.1, -0.05) is 51.9 Å². The second-order valence-corrected chi connectivity index (χ2v) is 4.84. The lowest BCUT2D eigenvalue weighted by atomic mass is 10.1. The fourth-order valence-corrected chi connectivity index (χ4v) is 1.91. The van der Waals surface area contributed by atoms with Crippen LogP contribution in [0.4, 0.5) is 13.2 Å². The molecule has 0 aliphatic heterocycles. The topological polar surface area (TPSA) is 38.0 Å². The molecule has 3 N–H and O–H groups in total. The van der Waals surface area contributed by atoms with Crippen molar-refractivity contribution in [3.05, 3.63) is 0 Å². The number of unbranched alkanes of at least 4 members (excludes halogenated alkanes) is 6. The van der Waals surface area contributed by atoms with Crippen LogP contribution in [0.2, 0.25) is 0 Å². The predicted molar refractivity (Wildman–Crippen MR) is 69.5 cm³/mol. The Hall–Kier alpha value is -0.290. The SMILES string of the molecule is CCCCCCCCCC(CN)NCC(F)(F)F. The molecule has 0 amide bonds. The molecular weight excluding hydrogens is 241 g/mol. The Labute approximate surface area is 109 Å². The standard InChI is InChI=1S/C13H27F3N2/c1-2-3-4-5-6-7-8-9-12(10-17)18-11-13(14,15)16/h12,18H,2-11,17H2,1H3. The van der Waals surface area contributed by atoms with Gasteiger partial charge in [0.25, 0.3) is 0 Å². The molecule has 0 aromatic rings. The third kappa shape index (κ3) is 12.2. The Balaban J connectivity index is 3.44. The van der Waals surface area contributed by atoms with Crippen molar-refractivity contribution in [1.29, 1.82) is 0 Å². The first-order chi connectivity index (χ1) is 8.49. The van der Waals surface area contributed by atoms with Gasteiger partial charge in [-0.2, -0.15) is 13.2 Å². The molecule has 110 valence electrons. The van der Waals surface area contributed by atoms with Crippen molar-refractivity contribution in [2.75, 3.05) is 13.1 Å². The van der Waals surface area contributed by atoms with Gasteiger partial charge in [0.15, 0.2) is 0 Å². The molecule has 18 heavy (non-hydrogen) atoms. The summed E-state index contributed by atoms with van der Waals surface area (Å²) in [5, 5.41) is 2.47. The number of nitrogens with one attached hydrogen (secondary N) is 1. The maximum absolute atomic E-state index is 12.0. The predicted octanol–water partition coefficient (Wildman–Crippen LogP) is 3.61. The Kier molecular flexibility index (Phi) is 10.4. The first-order valence-electron chi connectivity index (χ1n) is 6.99. The highest BCUT2D eigenvalue weighted by molar-refractivity contribution is 4.69. The van der Waals surface area contributed by atoms with Gasteiger partial charge in [-0.15, -0.1) is 0 Å². The van der Waals surface area contributed by atoms with E-state index in [0.717, 1.165) is 19.3 Å². The minimum Gasteiger partial charge on any atom is -0.329 e. The van der Waals surface area contributed by atoms with Gasteiger partial charge < -0.3 is 11.1 Å². The number of hydrogen-bond donors (Lipinski definition) is 2. The van der Waals surface area contributed by atoms with Crippen LogP contribution in [0.25, 0.3) is 0 Å². The van der Waals surface area contributed by atoms with E-state index in [-0.39, 0.29) is 12.6 Å². The Bertz CT molecular complexity index is 184. The summed E-state index contributed by atoms with van der Waals surface area (Å²) in [6.07, 6.45) is 4.83. The molecule has 1 atom stereocenters. The summed E-state index contributed by atoms with van der Waals surface area (Å²) in [4.78, 5) is 0. The highest BCUT2D eigenvalue weighted by Crippen LogP contribution is 2.14. The van der Waals surface area contributed by atoms with E-state index in [0.29, 0.717) is 0 Å². The molecular formula is C13H27F3N2. The second kappa shape index (κ2) is 10.6. The van der Waals surface area contributed by atoms with Crippen LogP contribution in [-0.4, -0.2) is 25.3 Å². The molecule has 0 fully saturated rings. The van der Waals surface area contributed by atoms with E-state index < -0.39 is 12.7 Å². The van der Waals surface area contributed by atoms with Gasteiger partial charge in [0.2, 0.25) is 0 Å². The lowest BCUT2D eigenvalue weighted by Crippen LogP contribution is -2.41. The van der Waals surface area contributed by atoms with Gasteiger partial charge in [0.05, 0.1) is 6.54 Å². The van der Waals surface area contributed by atoms with Crippen molar-refractivity contribution >= 4 is 0 Å². The van der Waals surface area contributed by atoms with Crippen molar-refractivity contribution < 1.29 is 13.2 Å². The Morgan fingerprint density at radius 2 is 1.56 bits per heavy atom. The summed E-state index contributed by atoms with van der Waals surface area (Å²) in [5.74, 6) is 0. The van der Waals surface area contributed by atoms with E-state index in [1.165, 1.54) is 32.1 Å². The molecule has 0 rings (SSSR count). The summed E-state index contributed by atoms with van der Waals surface area (Å²) in [6, 6.07) is -0.206. The lowest BCUT2D eigenvalue weighted by Gasteiger charge is -2.17. The summed E-state index contributed by atoms with van der Waals surface area (Å²) in [7, 11) is 0. The van der Waals surface area contributed by atoms with Gasteiger partial charge >= 0.3 is 6.18 Å². The highest BCUT2D eigenvalue weighted by Gasteiger charge is 2.27. The number of halogens is 3. The number of alkyl halides is 3. The summed E-state index contributed by atoms with van der Waals surface area (Å²) in [6.45, 7) is 1.51. The van der Waals surface area contributed by atoms with Gasteiger partial charge in [-0.05, 0) is 6.42 Å². The molecule has 1 unspecified atom stereocenters. The molecule has 0 saturated heterocycles. The fraction of sp³-hybridized carbons (Fsp3) is 1.00. The molecule has 0 bridgehead atoms. The molecule has 0 saturated carbocycles. The second-order valence-electron chi connectivity index (χ2n) is 4.84. The van der Waals surface area contributed by atoms with E-state index in [2.05, 4.69) is 12.2 Å². The zero-order valence-corrected chi connectivity index (χ0v) is 11.4. The van der Waals surface area contributed by atoms with Crippen molar-refractivity contribution in [3.63, 3.8) is 0 Å². The van der Waals surface area contributed by atoms with Crippen LogP contribution in [0.5, 0.6) is 0 Å². The average molecular weight is 268 g/mol. The molecule has 0 aromatic carbocycles. The van der Waals surface area contributed by atoms with E-state index in [1.54, 1.807) is 0 Å². The molecule has 0 radical (unpaired) electrons. The molecule has 0 heterocycles. The van der Waals surface area contributed by atoms with Crippen molar-refractivity contribution in [1.82, 2.24) is 5.32 Å². The quantitative estimate of drug-likeness (QED) is 0.562. The van der Waals surface area contributed by atoms with Crippen molar-refractivity contribution in [2.24, 2.45) is 5.73 Å². The molecule has 0 aromatic heterocycles. The summed E-state index contributed by atoms with van der Waals surface area (Å²) >= 11 is 0. The zero-order chi connectivity index (χ0) is 13.9. The van der Waals surface area contributed by atoms with Crippen LogP contribution in [0.15, 0.2) is 0 Å². The van der Waals surface area contributed by atoms with Crippen LogP contribution in [0, 0.1) is 0 Å². The van der Waals surface area contributed by atoms with Crippen molar-refractivity contribution in [3.8, 4) is 0 Å². The Morgan fingerprint density at radius 3 is 2.06 bits per heavy atom. The summed E-state index contributed by atoms with van der Waals surface area (Å²) in [5.41, 5.74) is 5.45. The van der Waals surface area contributed by atoms with Gasteiger partial charge in [0.1, 0.15) is 0 Å². The molecule has 5 heteroatoms. The maximum Gasteiger partial charge on any atom is 0.401 e. The van der Waals surface area contributed by atoms with Crippen LogP contribution < -0.4 is 11.1 Å². The van der Waals surface area contributed by atoms with E-state index >= 15 is 0 Å². The minimum absolute atomic E-state index is 0.206. The highest BCUT2D eigenvalue weighted by atomic mass is 19.4. The molecule has 0 aliphatic carbocycles. The fourth-order valence-electron chi connectivity index (χ4n) is 1.91. The van der Waals surface area contributed by atoms with Crippen LogP contribution >= 0.6 is 0 Å². The van der Waals surface area contributed by atoms with Crippen LogP contribution in [0.1, 0.15) is 58.3 Å². The van der Waals surface area contributed by atoms with E-state index in [4.69, 9.17) is 5.73 Å². The third-order valence-corrected chi connectivity index (χ3v) is 3.03. The van der Waals surface area contributed by atoms with Crippen LogP contribution in [-0.2, 0) is 0 Å². The van der Waals surface area contributed by atoms with Gasteiger partial charge in [-0.25, -0.2) is 0 Å². The van der Waals surface area contributed by atoms with E-state index in [1.807, 2.05) is 0 Å². The average Bonchev–Trinajstić information content (AvgIpc) is 2.30. The molecule has 0 aliphatic rings. The number of hydrogen-bond acceptors (Lipinski definition) is 2. The largest absolute Gasteiger partial charge is 0.401 e.